The third-order valence-electron chi connectivity index (χ3n) is 3.57. The van der Waals surface area contributed by atoms with Crippen LogP contribution in [0.4, 0.5) is 0 Å². The van der Waals surface area contributed by atoms with Crippen molar-refractivity contribution < 1.29 is 9.53 Å². The molecule has 1 fully saturated rings. The summed E-state index contributed by atoms with van der Waals surface area (Å²) >= 11 is 11.8. The van der Waals surface area contributed by atoms with Gasteiger partial charge in [0, 0.05) is 25.8 Å². The maximum atomic E-state index is 12.3. The molecule has 0 radical (unpaired) electrons. The highest BCUT2D eigenvalue weighted by molar-refractivity contribution is 6.42. The average Bonchev–Trinajstić information content (AvgIpc) is 2.48. The maximum absolute atomic E-state index is 12.3. The molecule has 0 bridgehead atoms. The Morgan fingerprint density at radius 1 is 1.35 bits per heavy atom. The van der Waals surface area contributed by atoms with Gasteiger partial charge in [0.1, 0.15) is 0 Å². The van der Waals surface area contributed by atoms with Crippen molar-refractivity contribution in [3.63, 3.8) is 0 Å². The maximum Gasteiger partial charge on any atom is 0.253 e. The lowest BCUT2D eigenvalue weighted by molar-refractivity contribution is 0.00709. The largest absolute Gasteiger partial charge is 0.378 e. The summed E-state index contributed by atoms with van der Waals surface area (Å²) in [4.78, 5) is 14.0. The van der Waals surface area contributed by atoms with Gasteiger partial charge in [-0.25, -0.2) is 0 Å². The van der Waals surface area contributed by atoms with Crippen molar-refractivity contribution in [1.29, 1.82) is 0 Å². The molecule has 1 unspecified atom stereocenters. The van der Waals surface area contributed by atoms with Crippen LogP contribution in [-0.4, -0.2) is 37.1 Å². The van der Waals surface area contributed by atoms with Gasteiger partial charge in [-0.15, -0.1) is 0 Å². The van der Waals surface area contributed by atoms with E-state index in [4.69, 9.17) is 27.9 Å². The summed E-state index contributed by atoms with van der Waals surface area (Å²) in [6, 6.07) is 4.96. The van der Waals surface area contributed by atoms with Gasteiger partial charge in [-0.1, -0.05) is 23.2 Å². The first-order valence-electron chi connectivity index (χ1n) is 6.90. The van der Waals surface area contributed by atoms with Crippen molar-refractivity contribution in [1.82, 2.24) is 4.90 Å². The van der Waals surface area contributed by atoms with E-state index in [1.54, 1.807) is 30.1 Å². The van der Waals surface area contributed by atoms with Gasteiger partial charge in [0.05, 0.1) is 16.1 Å². The Hall–Kier alpha value is -0.770. The zero-order valence-electron chi connectivity index (χ0n) is 11.6. The zero-order valence-corrected chi connectivity index (χ0v) is 13.1. The summed E-state index contributed by atoms with van der Waals surface area (Å²) in [7, 11) is 1.80. The van der Waals surface area contributed by atoms with E-state index < -0.39 is 0 Å². The van der Waals surface area contributed by atoms with Crippen molar-refractivity contribution in [3.05, 3.63) is 33.8 Å². The predicted molar refractivity (Wildman–Crippen MR) is 81.6 cm³/mol. The number of nitrogens with zero attached hydrogens (tertiary/aromatic N) is 1. The van der Waals surface area contributed by atoms with Crippen LogP contribution in [0.2, 0.25) is 10.0 Å². The molecule has 0 spiro atoms. The molecule has 1 aliphatic rings. The summed E-state index contributed by atoms with van der Waals surface area (Å²) in [6.45, 7) is 1.53. The lowest BCUT2D eigenvalue weighted by Gasteiger charge is -2.25. The van der Waals surface area contributed by atoms with E-state index in [-0.39, 0.29) is 12.0 Å². The zero-order chi connectivity index (χ0) is 14.5. The number of benzene rings is 1. The highest BCUT2D eigenvalue weighted by atomic mass is 35.5. The Kier molecular flexibility index (Phi) is 5.70. The summed E-state index contributed by atoms with van der Waals surface area (Å²) < 4.78 is 5.67. The molecule has 1 aromatic rings. The van der Waals surface area contributed by atoms with E-state index in [9.17, 15) is 4.79 Å². The monoisotopic (exact) mass is 315 g/mol. The molecular weight excluding hydrogens is 297 g/mol. The molecular formula is C15H19Cl2NO2. The van der Waals surface area contributed by atoms with Crippen LogP contribution in [0.5, 0.6) is 0 Å². The third-order valence-corrected chi connectivity index (χ3v) is 4.31. The molecule has 0 N–H and O–H groups in total. The second-order valence-electron chi connectivity index (χ2n) is 5.13. The molecule has 0 aliphatic carbocycles. The van der Waals surface area contributed by atoms with E-state index in [2.05, 4.69) is 0 Å². The van der Waals surface area contributed by atoms with Gasteiger partial charge in [-0.2, -0.15) is 0 Å². The molecule has 0 saturated carbocycles. The number of carbonyl (C=O) groups excluding carboxylic acids is 1. The van der Waals surface area contributed by atoms with Crippen LogP contribution in [0.15, 0.2) is 18.2 Å². The second-order valence-corrected chi connectivity index (χ2v) is 5.95. The molecule has 1 aliphatic heterocycles. The van der Waals surface area contributed by atoms with Crippen LogP contribution in [0.1, 0.15) is 36.0 Å². The first-order chi connectivity index (χ1) is 9.58. The summed E-state index contributed by atoms with van der Waals surface area (Å²) in [5.74, 6) is -0.0422. The molecule has 5 heteroatoms. The standard InChI is InChI=1S/C15H19Cl2NO2/c1-18(8-7-12-4-2-3-9-20-12)15(19)11-5-6-13(16)14(17)10-11/h5-6,10,12H,2-4,7-9H2,1H3. The van der Waals surface area contributed by atoms with Gasteiger partial charge >= 0.3 is 0 Å². The number of ether oxygens (including phenoxy) is 1. The number of halogens is 2. The minimum atomic E-state index is -0.0422. The van der Waals surface area contributed by atoms with Crippen LogP contribution >= 0.6 is 23.2 Å². The highest BCUT2D eigenvalue weighted by Gasteiger charge is 2.17. The van der Waals surface area contributed by atoms with Crippen LogP contribution in [-0.2, 0) is 4.74 Å². The fourth-order valence-electron chi connectivity index (χ4n) is 2.32. The minimum absolute atomic E-state index is 0.0422. The summed E-state index contributed by atoms with van der Waals surface area (Å²) in [5, 5.41) is 0.864. The number of carbonyl (C=O) groups is 1. The van der Waals surface area contributed by atoms with Crippen molar-refractivity contribution in [2.24, 2.45) is 0 Å². The van der Waals surface area contributed by atoms with E-state index in [1.807, 2.05) is 0 Å². The third kappa shape index (κ3) is 4.11. The highest BCUT2D eigenvalue weighted by Crippen LogP contribution is 2.23. The Morgan fingerprint density at radius 3 is 2.80 bits per heavy atom. The lowest BCUT2D eigenvalue weighted by Crippen LogP contribution is -2.31. The molecule has 1 amide bonds. The number of hydrogen-bond acceptors (Lipinski definition) is 2. The molecule has 1 atom stereocenters. The van der Waals surface area contributed by atoms with Gasteiger partial charge < -0.3 is 9.64 Å². The predicted octanol–water partition coefficient (Wildman–Crippen LogP) is 4.02. The number of amides is 1. The Balaban J connectivity index is 1.89. The quantitative estimate of drug-likeness (QED) is 0.839. The van der Waals surface area contributed by atoms with Crippen LogP contribution < -0.4 is 0 Å². The first-order valence-corrected chi connectivity index (χ1v) is 7.65. The van der Waals surface area contributed by atoms with E-state index in [0.717, 1.165) is 25.9 Å². The van der Waals surface area contributed by atoms with Gasteiger partial charge in [0.2, 0.25) is 0 Å². The van der Waals surface area contributed by atoms with Gasteiger partial charge in [0.15, 0.2) is 0 Å². The van der Waals surface area contributed by atoms with Crippen LogP contribution in [0.3, 0.4) is 0 Å². The fraction of sp³-hybridized carbons (Fsp3) is 0.533. The molecule has 3 nitrogen and oxygen atoms in total. The number of rotatable bonds is 4. The molecule has 110 valence electrons. The Labute approximate surface area is 129 Å². The van der Waals surface area contributed by atoms with Gasteiger partial charge in [0.25, 0.3) is 5.91 Å². The summed E-state index contributed by atoms with van der Waals surface area (Å²) in [5.41, 5.74) is 0.562. The van der Waals surface area contributed by atoms with Crippen molar-refractivity contribution in [2.45, 2.75) is 31.8 Å². The molecule has 1 aromatic carbocycles. The number of hydrogen-bond donors (Lipinski definition) is 0. The Bertz CT molecular complexity index is 473. The van der Waals surface area contributed by atoms with Crippen molar-refractivity contribution in [2.75, 3.05) is 20.2 Å². The smallest absolute Gasteiger partial charge is 0.253 e. The fourth-order valence-corrected chi connectivity index (χ4v) is 2.62. The van der Waals surface area contributed by atoms with E-state index in [1.165, 1.54) is 6.42 Å². The SMILES string of the molecule is CN(CCC1CCCCO1)C(=O)c1ccc(Cl)c(Cl)c1. The molecule has 0 aromatic heterocycles. The molecule has 2 rings (SSSR count). The summed E-state index contributed by atoms with van der Waals surface area (Å²) in [6.07, 6.45) is 4.62. The van der Waals surface area contributed by atoms with Crippen molar-refractivity contribution in [3.8, 4) is 0 Å². The minimum Gasteiger partial charge on any atom is -0.378 e. The molecule has 20 heavy (non-hydrogen) atoms. The normalized spacial score (nSPS) is 18.9. The van der Waals surface area contributed by atoms with Crippen LogP contribution in [0, 0.1) is 0 Å². The van der Waals surface area contributed by atoms with Crippen molar-refractivity contribution >= 4 is 29.1 Å². The van der Waals surface area contributed by atoms with E-state index >= 15 is 0 Å². The topological polar surface area (TPSA) is 29.5 Å². The first kappa shape index (κ1) is 15.6. The van der Waals surface area contributed by atoms with Crippen LogP contribution in [0.25, 0.3) is 0 Å². The van der Waals surface area contributed by atoms with Gasteiger partial charge in [-0.05, 0) is 43.9 Å². The second kappa shape index (κ2) is 7.30. The average molecular weight is 316 g/mol. The van der Waals surface area contributed by atoms with E-state index in [0.29, 0.717) is 22.2 Å². The molecule has 1 saturated heterocycles. The Morgan fingerprint density at radius 2 is 2.15 bits per heavy atom. The van der Waals surface area contributed by atoms with Gasteiger partial charge in [-0.3, -0.25) is 4.79 Å². The lowest BCUT2D eigenvalue weighted by atomic mass is 10.1. The molecule has 1 heterocycles.